The summed E-state index contributed by atoms with van der Waals surface area (Å²) in [5.41, 5.74) is 0.719. The van der Waals surface area contributed by atoms with Gasteiger partial charge in [-0.2, -0.15) is 0 Å². The average molecular weight is 371 g/mol. The van der Waals surface area contributed by atoms with E-state index in [1.54, 1.807) is 18.6 Å². The van der Waals surface area contributed by atoms with Crippen molar-refractivity contribution in [2.75, 3.05) is 37.8 Å². The van der Waals surface area contributed by atoms with Gasteiger partial charge in [0.2, 0.25) is 10.0 Å². The molecule has 0 radical (unpaired) electrons. The number of anilines is 1. The number of aliphatic hydroxyl groups excluding tert-OH is 1. The van der Waals surface area contributed by atoms with Gasteiger partial charge in [0.25, 0.3) is 6.47 Å². The van der Waals surface area contributed by atoms with Gasteiger partial charge >= 0.3 is 0 Å². The number of sulfonamides is 1. The second-order valence-corrected chi connectivity index (χ2v) is 8.05. The number of aromatic nitrogens is 3. The van der Waals surface area contributed by atoms with E-state index in [1.165, 1.54) is 18.4 Å². The van der Waals surface area contributed by atoms with Gasteiger partial charge in [0.1, 0.15) is 5.82 Å². The normalized spacial score (nSPS) is 20.6. The van der Waals surface area contributed by atoms with Gasteiger partial charge < -0.3 is 15.1 Å². The highest BCUT2D eigenvalue weighted by atomic mass is 32.2. The van der Waals surface area contributed by atoms with E-state index >= 15 is 0 Å². The van der Waals surface area contributed by atoms with E-state index in [1.807, 2.05) is 15.5 Å². The molecule has 2 N–H and O–H groups in total. The topological polar surface area (TPSA) is 128 Å². The lowest BCUT2D eigenvalue weighted by Crippen LogP contribution is -2.33. The van der Waals surface area contributed by atoms with E-state index in [4.69, 9.17) is 9.90 Å². The van der Waals surface area contributed by atoms with Crippen LogP contribution in [0.25, 0.3) is 5.65 Å². The van der Waals surface area contributed by atoms with Gasteiger partial charge in [-0.25, -0.2) is 17.7 Å². The number of carbonyl (C=O) groups is 1. The van der Waals surface area contributed by atoms with Crippen molar-refractivity contribution in [2.45, 2.75) is 6.10 Å². The summed E-state index contributed by atoms with van der Waals surface area (Å²) in [7, 11) is -0.331. The van der Waals surface area contributed by atoms with E-state index in [-0.39, 0.29) is 18.1 Å². The number of rotatable bonds is 4. The van der Waals surface area contributed by atoms with E-state index < -0.39 is 16.1 Å². The molecule has 1 fully saturated rings. The lowest BCUT2D eigenvalue weighted by molar-refractivity contribution is -0.122. The summed E-state index contributed by atoms with van der Waals surface area (Å²) in [6.07, 6.45) is 6.17. The maximum Gasteiger partial charge on any atom is 0.290 e. The number of β-amino-alcohol motifs (C(OH)–C–C–N with tert-alkyl or cyclic N) is 1. The molecule has 138 valence electrons. The molecule has 3 heterocycles. The number of hydrogen-bond acceptors (Lipinski definition) is 7. The first-order valence-corrected chi connectivity index (χ1v) is 9.09. The van der Waals surface area contributed by atoms with Gasteiger partial charge in [-0.1, -0.05) is 0 Å². The molecule has 10 nitrogen and oxygen atoms in total. The molecular formula is C14H21N5O5S. The van der Waals surface area contributed by atoms with E-state index in [2.05, 4.69) is 9.97 Å². The minimum Gasteiger partial charge on any atom is -0.483 e. The van der Waals surface area contributed by atoms with Crippen LogP contribution in [0.15, 0.2) is 24.8 Å². The Morgan fingerprint density at radius 1 is 1.36 bits per heavy atom. The Bertz CT molecular complexity index is 822. The van der Waals surface area contributed by atoms with Crippen LogP contribution in [0.4, 0.5) is 5.82 Å². The molecule has 3 rings (SSSR count). The Labute approximate surface area is 145 Å². The van der Waals surface area contributed by atoms with Crippen LogP contribution in [-0.4, -0.2) is 82.8 Å². The summed E-state index contributed by atoms with van der Waals surface area (Å²) in [4.78, 5) is 18.6. The Morgan fingerprint density at radius 3 is 2.68 bits per heavy atom. The molecule has 0 spiro atoms. The molecule has 0 amide bonds. The second-order valence-electron chi connectivity index (χ2n) is 5.82. The van der Waals surface area contributed by atoms with Gasteiger partial charge in [-0.05, 0) is 0 Å². The first-order chi connectivity index (χ1) is 11.8. The first-order valence-electron chi connectivity index (χ1n) is 7.48. The molecule has 0 bridgehead atoms. The summed E-state index contributed by atoms with van der Waals surface area (Å²) in [5, 5.41) is 17.1. The Balaban J connectivity index is 0.000000701. The van der Waals surface area contributed by atoms with E-state index in [0.29, 0.717) is 13.1 Å². The third-order valence-electron chi connectivity index (χ3n) is 4.01. The Kier molecular flexibility index (Phi) is 5.93. The molecule has 2 atom stereocenters. The van der Waals surface area contributed by atoms with Crippen LogP contribution in [0.5, 0.6) is 0 Å². The van der Waals surface area contributed by atoms with Crippen molar-refractivity contribution >= 4 is 28.0 Å². The summed E-state index contributed by atoms with van der Waals surface area (Å²) >= 11 is 0. The maximum atomic E-state index is 12.0. The molecule has 2 aromatic heterocycles. The molecular weight excluding hydrogens is 350 g/mol. The number of aliphatic hydroxyl groups is 1. The van der Waals surface area contributed by atoms with Crippen molar-refractivity contribution < 1.29 is 23.4 Å². The zero-order chi connectivity index (χ0) is 18.6. The molecule has 0 aliphatic carbocycles. The fourth-order valence-electron chi connectivity index (χ4n) is 2.70. The number of carboxylic acid groups (broad SMARTS) is 1. The van der Waals surface area contributed by atoms with Gasteiger partial charge in [0.15, 0.2) is 5.65 Å². The van der Waals surface area contributed by atoms with Crippen LogP contribution < -0.4 is 4.90 Å². The minimum atomic E-state index is -3.34. The molecule has 11 heteroatoms. The molecule has 0 aromatic carbocycles. The monoisotopic (exact) mass is 371 g/mol. The highest BCUT2D eigenvalue weighted by Gasteiger charge is 2.36. The van der Waals surface area contributed by atoms with Crippen molar-refractivity contribution in [3.63, 3.8) is 0 Å². The quantitative estimate of drug-likeness (QED) is 0.663. The number of nitrogens with zero attached hydrogens (tertiary/aromatic N) is 5. The van der Waals surface area contributed by atoms with Crippen molar-refractivity contribution in [3.05, 3.63) is 24.8 Å². The third kappa shape index (κ3) is 4.24. The third-order valence-corrected chi connectivity index (χ3v) is 5.97. The van der Waals surface area contributed by atoms with Crippen LogP contribution >= 0.6 is 0 Å². The van der Waals surface area contributed by atoms with Crippen molar-refractivity contribution in [2.24, 2.45) is 5.92 Å². The summed E-state index contributed by atoms with van der Waals surface area (Å²) in [6.45, 7) is 0.597. The van der Waals surface area contributed by atoms with Gasteiger partial charge in [0.05, 0.1) is 24.3 Å². The number of hydrogen-bond donors (Lipinski definition) is 2. The van der Waals surface area contributed by atoms with Crippen LogP contribution in [-0.2, 0) is 14.8 Å². The lowest BCUT2D eigenvalue weighted by Gasteiger charge is -2.19. The molecule has 0 unspecified atom stereocenters. The van der Waals surface area contributed by atoms with Crippen molar-refractivity contribution in [1.29, 1.82) is 0 Å². The smallest absolute Gasteiger partial charge is 0.290 e. The zero-order valence-corrected chi connectivity index (χ0v) is 14.7. The molecule has 1 saturated heterocycles. The average Bonchev–Trinajstić information content (AvgIpc) is 3.14. The Morgan fingerprint density at radius 2 is 2.04 bits per heavy atom. The first kappa shape index (κ1) is 19.1. The fraction of sp³-hybridized carbons (Fsp3) is 0.500. The second kappa shape index (κ2) is 7.76. The SMILES string of the molecule is CN(C)S(=O)(=O)C[C@@H]1CN(c2cncc3nccn23)C[C@@H]1O.O=CO. The van der Waals surface area contributed by atoms with E-state index in [0.717, 1.165) is 11.5 Å². The lowest BCUT2D eigenvalue weighted by atomic mass is 10.1. The number of fused-ring (bicyclic) bond motifs is 1. The standard InChI is InChI=1S/C13H19N5O3S.CH2O2/c1-16(2)22(20,21)9-10-7-17(8-11(10)19)13-6-14-5-12-15-3-4-18(12)13;2-1-3/h3-6,10-11,19H,7-9H2,1-2H3;1H,(H,2,3)/t10-,11-;/m0./s1. The van der Waals surface area contributed by atoms with Crippen LogP contribution in [0.2, 0.25) is 0 Å². The van der Waals surface area contributed by atoms with Gasteiger partial charge in [-0.15, -0.1) is 0 Å². The van der Waals surface area contributed by atoms with Crippen LogP contribution in [0.3, 0.4) is 0 Å². The van der Waals surface area contributed by atoms with Gasteiger partial charge in [-0.3, -0.25) is 14.2 Å². The van der Waals surface area contributed by atoms with Crippen molar-refractivity contribution in [1.82, 2.24) is 18.7 Å². The fourth-order valence-corrected chi connectivity index (χ4v) is 3.86. The Hall–Kier alpha value is -2.24. The zero-order valence-electron chi connectivity index (χ0n) is 13.9. The molecule has 1 aliphatic heterocycles. The predicted molar refractivity (Wildman–Crippen MR) is 90.9 cm³/mol. The number of imidazole rings is 1. The summed E-state index contributed by atoms with van der Waals surface area (Å²) < 4.78 is 27.1. The highest BCUT2D eigenvalue weighted by molar-refractivity contribution is 7.89. The molecule has 0 saturated carbocycles. The minimum absolute atomic E-state index is 0.0645. The predicted octanol–water partition coefficient (Wildman–Crippen LogP) is -0.881. The summed E-state index contributed by atoms with van der Waals surface area (Å²) in [5.74, 6) is 0.412. The highest BCUT2D eigenvalue weighted by Crippen LogP contribution is 2.25. The van der Waals surface area contributed by atoms with Crippen LogP contribution in [0, 0.1) is 5.92 Å². The largest absolute Gasteiger partial charge is 0.483 e. The molecule has 25 heavy (non-hydrogen) atoms. The van der Waals surface area contributed by atoms with E-state index in [9.17, 15) is 13.5 Å². The van der Waals surface area contributed by atoms with Crippen LogP contribution in [0.1, 0.15) is 0 Å². The van der Waals surface area contributed by atoms with Crippen molar-refractivity contribution in [3.8, 4) is 0 Å². The summed E-state index contributed by atoms with van der Waals surface area (Å²) in [6, 6.07) is 0. The van der Waals surface area contributed by atoms with Gasteiger partial charge in [0, 0.05) is 45.5 Å². The molecule has 2 aromatic rings. The molecule has 1 aliphatic rings. The maximum absolute atomic E-state index is 12.0.